The Kier molecular flexibility index (Phi) is 6.83. The molecule has 1 heterocycles. The summed E-state index contributed by atoms with van der Waals surface area (Å²) < 4.78 is 12.3. The molecule has 1 aliphatic heterocycles. The minimum absolute atomic E-state index is 0.0492. The number of Topliss-reactive ketones (excluding diaryl/α,β-unsaturated/α-hetero) is 1. The molecule has 5 rings (SSSR count). The average Bonchev–Trinajstić information content (AvgIpc) is 3.35. The van der Waals surface area contributed by atoms with Crippen molar-refractivity contribution in [1.29, 1.82) is 0 Å². The van der Waals surface area contributed by atoms with Crippen LogP contribution in [0, 0.1) is 11.3 Å². The van der Waals surface area contributed by atoms with Crippen molar-refractivity contribution in [2.24, 2.45) is 16.3 Å². The lowest BCUT2D eigenvalue weighted by atomic mass is 9.66. The number of aliphatic imine (C=N–C) groups is 1. The second-order valence-electron chi connectivity index (χ2n) is 11.2. The van der Waals surface area contributed by atoms with Gasteiger partial charge in [0.25, 0.3) is 0 Å². The van der Waals surface area contributed by atoms with E-state index in [2.05, 4.69) is 13.8 Å². The number of allylic oxidation sites excluding steroid dienone is 2. The van der Waals surface area contributed by atoms with Crippen molar-refractivity contribution < 1.29 is 19.1 Å². The summed E-state index contributed by atoms with van der Waals surface area (Å²) in [5.41, 5.74) is 3.92. The van der Waals surface area contributed by atoms with E-state index in [1.165, 1.54) is 0 Å². The quantitative estimate of drug-likeness (QED) is 0.434. The second-order valence-corrected chi connectivity index (χ2v) is 11.2. The third-order valence-electron chi connectivity index (χ3n) is 7.63. The molecule has 3 aliphatic rings. The Morgan fingerprint density at radius 3 is 2.44 bits per heavy atom. The van der Waals surface area contributed by atoms with E-state index in [0.717, 1.165) is 42.5 Å². The molecule has 36 heavy (non-hydrogen) atoms. The lowest BCUT2D eigenvalue weighted by Gasteiger charge is -2.39. The van der Waals surface area contributed by atoms with Crippen molar-refractivity contribution in [2.45, 2.75) is 77.9 Å². The molecule has 1 saturated carbocycles. The standard InChI is InChI=1S/C31H35NO4/c1-20-27(30(34)36-22-13-7-8-14-22)28(29-24(32-20)17-31(2,3)18-25(29)33)23-15-9-10-16-26(23)35-19-21-11-5-4-6-12-21/h4-6,9-12,15-16,22,27-28H,7-8,13-14,17-19H2,1-3H3/t27?,28-/m0/s1. The van der Waals surface area contributed by atoms with Gasteiger partial charge in [0.2, 0.25) is 0 Å². The molecule has 188 valence electrons. The number of hydrogen-bond acceptors (Lipinski definition) is 5. The van der Waals surface area contributed by atoms with Gasteiger partial charge in [-0.1, -0.05) is 62.4 Å². The maximum Gasteiger partial charge on any atom is 0.315 e. The first-order valence-electron chi connectivity index (χ1n) is 13.1. The first kappa shape index (κ1) is 24.5. The van der Waals surface area contributed by atoms with Crippen LogP contribution in [0.4, 0.5) is 0 Å². The summed E-state index contributed by atoms with van der Waals surface area (Å²) in [6, 6.07) is 17.8. The van der Waals surface area contributed by atoms with Gasteiger partial charge in [0.05, 0.1) is 0 Å². The first-order valence-corrected chi connectivity index (χ1v) is 13.1. The number of ether oxygens (including phenoxy) is 2. The SMILES string of the molecule is CC1=NC2=C(C(=O)CC(C)(C)C2)[C@@H](c2ccccc2OCc2ccccc2)C1C(=O)OC1CCCC1. The van der Waals surface area contributed by atoms with Crippen LogP contribution in [-0.2, 0) is 20.9 Å². The molecule has 2 aromatic rings. The lowest BCUT2D eigenvalue weighted by Crippen LogP contribution is -2.40. The zero-order valence-electron chi connectivity index (χ0n) is 21.5. The molecule has 0 N–H and O–H groups in total. The Bertz CT molecular complexity index is 1200. The van der Waals surface area contributed by atoms with Crippen molar-refractivity contribution in [1.82, 2.24) is 0 Å². The van der Waals surface area contributed by atoms with Crippen LogP contribution in [0.25, 0.3) is 0 Å². The molecule has 0 amide bonds. The van der Waals surface area contributed by atoms with Crippen LogP contribution >= 0.6 is 0 Å². The van der Waals surface area contributed by atoms with Crippen molar-refractivity contribution in [3.05, 3.63) is 77.0 Å². The average molecular weight is 486 g/mol. The molecule has 2 aliphatic carbocycles. The molecule has 0 spiro atoms. The molecular formula is C31H35NO4. The van der Waals surface area contributed by atoms with Gasteiger partial charge in [0.1, 0.15) is 24.4 Å². The molecule has 0 saturated heterocycles. The maximum absolute atomic E-state index is 13.7. The number of carbonyl (C=O) groups is 2. The number of carbonyl (C=O) groups excluding carboxylic acids is 2. The summed E-state index contributed by atoms with van der Waals surface area (Å²) in [7, 11) is 0. The predicted octanol–water partition coefficient (Wildman–Crippen LogP) is 6.57. The summed E-state index contributed by atoms with van der Waals surface area (Å²) in [6.45, 7) is 6.51. The number of esters is 1. The smallest absolute Gasteiger partial charge is 0.315 e. The van der Waals surface area contributed by atoms with E-state index in [9.17, 15) is 9.59 Å². The molecular weight excluding hydrogens is 450 g/mol. The van der Waals surface area contributed by atoms with E-state index < -0.39 is 11.8 Å². The highest BCUT2D eigenvalue weighted by molar-refractivity contribution is 6.09. The number of para-hydroxylation sites is 1. The molecule has 1 fully saturated rings. The van der Waals surface area contributed by atoms with Crippen LogP contribution < -0.4 is 4.74 Å². The molecule has 0 aromatic heterocycles. The van der Waals surface area contributed by atoms with Gasteiger partial charge in [-0.2, -0.15) is 0 Å². The highest BCUT2D eigenvalue weighted by Gasteiger charge is 2.47. The monoisotopic (exact) mass is 485 g/mol. The minimum Gasteiger partial charge on any atom is -0.489 e. The highest BCUT2D eigenvalue weighted by Crippen LogP contribution is 2.49. The Morgan fingerprint density at radius 2 is 1.69 bits per heavy atom. The Balaban J connectivity index is 1.55. The van der Waals surface area contributed by atoms with Crippen LogP contribution in [0.3, 0.4) is 0 Å². The number of ketones is 1. The fraction of sp³-hybridized carbons (Fsp3) is 0.452. The normalized spacial score (nSPS) is 23.8. The van der Waals surface area contributed by atoms with Crippen LogP contribution in [-0.4, -0.2) is 23.6 Å². The van der Waals surface area contributed by atoms with Gasteiger partial charge in [-0.15, -0.1) is 0 Å². The number of nitrogens with zero attached hydrogens (tertiary/aromatic N) is 1. The molecule has 5 nitrogen and oxygen atoms in total. The fourth-order valence-corrected chi connectivity index (χ4v) is 5.93. The van der Waals surface area contributed by atoms with E-state index in [-0.39, 0.29) is 23.3 Å². The molecule has 2 aromatic carbocycles. The summed E-state index contributed by atoms with van der Waals surface area (Å²) in [5.74, 6) is -0.642. The van der Waals surface area contributed by atoms with Crippen LogP contribution in [0.1, 0.15) is 76.3 Å². The largest absolute Gasteiger partial charge is 0.489 e. The first-order chi connectivity index (χ1) is 17.3. The number of hydrogen-bond donors (Lipinski definition) is 0. The molecule has 0 bridgehead atoms. The summed E-state index contributed by atoms with van der Waals surface area (Å²) >= 11 is 0. The molecule has 5 heteroatoms. The molecule has 2 atom stereocenters. The highest BCUT2D eigenvalue weighted by atomic mass is 16.5. The van der Waals surface area contributed by atoms with Gasteiger partial charge in [0.15, 0.2) is 5.78 Å². The van der Waals surface area contributed by atoms with Crippen molar-refractivity contribution in [3.8, 4) is 5.75 Å². The maximum atomic E-state index is 13.7. The summed E-state index contributed by atoms with van der Waals surface area (Å²) in [4.78, 5) is 32.1. The summed E-state index contributed by atoms with van der Waals surface area (Å²) in [5, 5.41) is 0. The second kappa shape index (κ2) is 10.0. The van der Waals surface area contributed by atoms with Gasteiger partial charge in [-0.05, 0) is 56.1 Å². The van der Waals surface area contributed by atoms with Gasteiger partial charge in [0, 0.05) is 34.9 Å². The van der Waals surface area contributed by atoms with Crippen LogP contribution in [0.15, 0.2) is 70.9 Å². The Morgan fingerprint density at radius 1 is 1.00 bits per heavy atom. The molecule has 0 radical (unpaired) electrons. The number of rotatable bonds is 6. The van der Waals surface area contributed by atoms with Crippen molar-refractivity contribution in [2.75, 3.05) is 0 Å². The van der Waals surface area contributed by atoms with E-state index in [1.54, 1.807) is 0 Å². The van der Waals surface area contributed by atoms with Gasteiger partial charge in [-0.25, -0.2) is 0 Å². The zero-order chi connectivity index (χ0) is 25.3. The van der Waals surface area contributed by atoms with Crippen LogP contribution in [0.2, 0.25) is 0 Å². The molecule has 1 unspecified atom stereocenters. The summed E-state index contributed by atoms with van der Waals surface area (Å²) in [6.07, 6.45) is 5.06. The zero-order valence-corrected chi connectivity index (χ0v) is 21.5. The Labute approximate surface area is 213 Å². The van der Waals surface area contributed by atoms with E-state index in [4.69, 9.17) is 14.5 Å². The van der Waals surface area contributed by atoms with Crippen molar-refractivity contribution >= 4 is 17.5 Å². The minimum atomic E-state index is -0.643. The third-order valence-corrected chi connectivity index (χ3v) is 7.63. The fourth-order valence-electron chi connectivity index (χ4n) is 5.93. The predicted molar refractivity (Wildman–Crippen MR) is 140 cm³/mol. The van der Waals surface area contributed by atoms with E-state index >= 15 is 0 Å². The van der Waals surface area contributed by atoms with E-state index in [0.29, 0.717) is 36.5 Å². The third kappa shape index (κ3) is 5.02. The van der Waals surface area contributed by atoms with Crippen LogP contribution in [0.5, 0.6) is 5.75 Å². The van der Waals surface area contributed by atoms with E-state index in [1.807, 2.05) is 61.5 Å². The number of benzene rings is 2. The van der Waals surface area contributed by atoms with Crippen molar-refractivity contribution in [3.63, 3.8) is 0 Å². The van der Waals surface area contributed by atoms with Gasteiger partial charge >= 0.3 is 5.97 Å². The topological polar surface area (TPSA) is 65.0 Å². The Hall–Kier alpha value is -3.21. The van der Waals surface area contributed by atoms with Gasteiger partial charge < -0.3 is 9.47 Å². The van der Waals surface area contributed by atoms with Gasteiger partial charge in [-0.3, -0.25) is 14.6 Å². The lowest BCUT2D eigenvalue weighted by molar-refractivity contribution is -0.151.